The number of rotatable bonds is 5. The van der Waals surface area contributed by atoms with Crippen molar-refractivity contribution < 1.29 is 8.42 Å². The minimum Gasteiger partial charge on any atom is -0.392 e. The van der Waals surface area contributed by atoms with Crippen molar-refractivity contribution in [3.05, 3.63) is 12.3 Å². The van der Waals surface area contributed by atoms with Crippen LogP contribution in [0.1, 0.15) is 13.8 Å². The van der Waals surface area contributed by atoms with Crippen molar-refractivity contribution in [2.24, 2.45) is 11.7 Å². The Morgan fingerprint density at radius 1 is 1.62 bits per heavy atom. The van der Waals surface area contributed by atoms with Crippen molar-refractivity contribution in [3.63, 3.8) is 0 Å². The number of sulfonamides is 1. The molecule has 0 amide bonds. The molecule has 0 spiro atoms. The third-order valence-electron chi connectivity index (χ3n) is 2.02. The van der Waals surface area contributed by atoms with Gasteiger partial charge in [0.1, 0.15) is 0 Å². The Morgan fingerprint density at radius 2 is 2.25 bits per heavy atom. The summed E-state index contributed by atoms with van der Waals surface area (Å²) in [4.78, 5) is 0.123. The molecule has 1 aromatic heterocycles. The first kappa shape index (κ1) is 13.1. The van der Waals surface area contributed by atoms with E-state index >= 15 is 0 Å². The molecule has 1 rings (SSSR count). The highest BCUT2D eigenvalue weighted by molar-refractivity contribution is 7.89. The van der Waals surface area contributed by atoms with Gasteiger partial charge >= 0.3 is 0 Å². The molecule has 1 unspecified atom stereocenters. The van der Waals surface area contributed by atoms with E-state index in [2.05, 4.69) is 14.9 Å². The van der Waals surface area contributed by atoms with Gasteiger partial charge in [-0.2, -0.15) is 9.82 Å². The molecule has 1 heterocycles. The quantitative estimate of drug-likeness (QED) is 0.648. The molecule has 0 aliphatic carbocycles. The van der Waals surface area contributed by atoms with E-state index in [1.807, 2.05) is 13.8 Å². The third-order valence-corrected chi connectivity index (χ3v) is 3.64. The Labute approximate surface area is 99.7 Å². The maximum Gasteiger partial charge on any atom is 0.258 e. The van der Waals surface area contributed by atoms with E-state index in [4.69, 9.17) is 18.0 Å². The Balaban J connectivity index is 2.92. The van der Waals surface area contributed by atoms with Crippen molar-refractivity contribution >= 4 is 27.2 Å². The molecule has 4 N–H and O–H groups in total. The van der Waals surface area contributed by atoms with Gasteiger partial charge in [0.05, 0.1) is 17.2 Å². The van der Waals surface area contributed by atoms with Crippen LogP contribution in [-0.2, 0) is 10.0 Å². The largest absolute Gasteiger partial charge is 0.392 e. The van der Waals surface area contributed by atoms with Crippen LogP contribution in [0, 0.1) is 5.92 Å². The van der Waals surface area contributed by atoms with E-state index in [0.717, 1.165) is 0 Å². The molecule has 1 aromatic rings. The molecular formula is C8H14N4O2S2. The molecule has 0 aliphatic rings. The fourth-order valence-corrected chi connectivity index (χ4v) is 2.83. The summed E-state index contributed by atoms with van der Waals surface area (Å²) in [5.74, 6) is -0.0183. The Morgan fingerprint density at radius 3 is 2.62 bits per heavy atom. The lowest BCUT2D eigenvalue weighted by molar-refractivity contribution is 0.524. The predicted octanol–water partition coefficient (Wildman–Crippen LogP) is -0.00130. The maximum atomic E-state index is 11.8. The van der Waals surface area contributed by atoms with E-state index in [-0.39, 0.29) is 15.9 Å². The summed E-state index contributed by atoms with van der Waals surface area (Å²) in [7, 11) is -3.64. The molecule has 16 heavy (non-hydrogen) atoms. The molecule has 90 valence electrons. The Bertz CT molecular complexity index is 452. The first-order chi connectivity index (χ1) is 7.34. The Kier molecular flexibility index (Phi) is 4.00. The highest BCUT2D eigenvalue weighted by atomic mass is 32.2. The average molecular weight is 262 g/mol. The SMILES string of the molecule is CC(C)C(NS(=O)(=O)c1ccn[nH]1)C(N)=S. The van der Waals surface area contributed by atoms with Crippen LogP contribution in [0.3, 0.4) is 0 Å². The summed E-state index contributed by atoms with van der Waals surface area (Å²) in [5.41, 5.74) is 5.48. The van der Waals surface area contributed by atoms with Gasteiger partial charge in [0.15, 0.2) is 5.03 Å². The van der Waals surface area contributed by atoms with E-state index in [0.29, 0.717) is 0 Å². The number of nitrogens with one attached hydrogen (secondary N) is 2. The van der Waals surface area contributed by atoms with Crippen LogP contribution in [0.2, 0.25) is 0 Å². The highest BCUT2D eigenvalue weighted by Gasteiger charge is 2.25. The van der Waals surface area contributed by atoms with Gasteiger partial charge in [-0.3, -0.25) is 5.10 Å². The van der Waals surface area contributed by atoms with Crippen molar-refractivity contribution in [2.75, 3.05) is 0 Å². The van der Waals surface area contributed by atoms with Gasteiger partial charge in [-0.25, -0.2) is 8.42 Å². The zero-order valence-corrected chi connectivity index (χ0v) is 10.6. The smallest absolute Gasteiger partial charge is 0.258 e. The normalized spacial score (nSPS) is 13.9. The zero-order chi connectivity index (χ0) is 12.3. The summed E-state index contributed by atoms with van der Waals surface area (Å²) in [6, 6.07) is 0.794. The number of aromatic amines is 1. The fourth-order valence-electron chi connectivity index (χ4n) is 1.15. The van der Waals surface area contributed by atoms with Gasteiger partial charge in [0, 0.05) is 0 Å². The standard InChI is InChI=1S/C8H14N4O2S2/c1-5(2)7(8(9)15)12-16(13,14)6-3-4-10-11-6/h3-5,7,12H,1-2H3,(H2,9,15)(H,10,11). The van der Waals surface area contributed by atoms with E-state index in [1.54, 1.807) is 0 Å². The molecule has 0 saturated heterocycles. The van der Waals surface area contributed by atoms with Crippen LogP contribution in [0.25, 0.3) is 0 Å². The second kappa shape index (κ2) is 4.89. The van der Waals surface area contributed by atoms with Crippen molar-refractivity contribution in [1.82, 2.24) is 14.9 Å². The van der Waals surface area contributed by atoms with Gasteiger partial charge in [0.25, 0.3) is 10.0 Å². The van der Waals surface area contributed by atoms with Gasteiger partial charge in [-0.15, -0.1) is 0 Å². The second-order valence-corrected chi connectivity index (χ2v) is 5.82. The van der Waals surface area contributed by atoms with Gasteiger partial charge in [-0.05, 0) is 12.0 Å². The number of hydrogen-bond donors (Lipinski definition) is 3. The second-order valence-electron chi connectivity index (χ2n) is 3.67. The number of aromatic nitrogens is 2. The van der Waals surface area contributed by atoms with Crippen molar-refractivity contribution in [3.8, 4) is 0 Å². The monoisotopic (exact) mass is 262 g/mol. The topological polar surface area (TPSA) is 101 Å². The number of nitrogens with zero attached hydrogens (tertiary/aromatic N) is 1. The van der Waals surface area contributed by atoms with E-state index < -0.39 is 16.1 Å². The molecule has 0 radical (unpaired) electrons. The summed E-state index contributed by atoms with van der Waals surface area (Å²) < 4.78 is 26.1. The minimum atomic E-state index is -3.64. The van der Waals surface area contributed by atoms with Crippen LogP contribution >= 0.6 is 12.2 Å². The Hall–Kier alpha value is -0.990. The molecular weight excluding hydrogens is 248 g/mol. The highest BCUT2D eigenvalue weighted by Crippen LogP contribution is 2.08. The number of H-pyrrole nitrogens is 1. The lowest BCUT2D eigenvalue weighted by atomic mass is 10.1. The van der Waals surface area contributed by atoms with E-state index in [9.17, 15) is 8.42 Å². The van der Waals surface area contributed by atoms with Crippen LogP contribution < -0.4 is 10.5 Å². The van der Waals surface area contributed by atoms with Crippen LogP contribution in [0.5, 0.6) is 0 Å². The fraction of sp³-hybridized carbons (Fsp3) is 0.500. The lowest BCUT2D eigenvalue weighted by Crippen LogP contribution is -2.46. The molecule has 1 atom stereocenters. The van der Waals surface area contributed by atoms with Crippen LogP contribution in [-0.4, -0.2) is 29.6 Å². The zero-order valence-electron chi connectivity index (χ0n) is 8.97. The number of hydrogen-bond acceptors (Lipinski definition) is 4. The molecule has 0 aromatic carbocycles. The first-order valence-electron chi connectivity index (χ1n) is 4.65. The summed E-state index contributed by atoms with van der Waals surface area (Å²) >= 11 is 4.82. The molecule has 0 fully saturated rings. The summed E-state index contributed by atoms with van der Waals surface area (Å²) in [6.07, 6.45) is 1.36. The molecule has 0 saturated carbocycles. The number of thiocarbonyl (C=S) groups is 1. The van der Waals surface area contributed by atoms with Gasteiger partial charge in [0.2, 0.25) is 0 Å². The van der Waals surface area contributed by atoms with Crippen LogP contribution in [0.15, 0.2) is 17.3 Å². The summed E-state index contributed by atoms with van der Waals surface area (Å²) in [6.45, 7) is 3.67. The molecule has 6 nitrogen and oxygen atoms in total. The van der Waals surface area contributed by atoms with E-state index in [1.165, 1.54) is 12.3 Å². The molecule has 0 bridgehead atoms. The molecule has 8 heteroatoms. The predicted molar refractivity (Wildman–Crippen MR) is 64.3 cm³/mol. The first-order valence-corrected chi connectivity index (χ1v) is 6.54. The minimum absolute atomic E-state index is 0.00519. The van der Waals surface area contributed by atoms with Crippen molar-refractivity contribution in [1.29, 1.82) is 0 Å². The lowest BCUT2D eigenvalue weighted by Gasteiger charge is -2.20. The van der Waals surface area contributed by atoms with Gasteiger partial charge < -0.3 is 5.73 Å². The summed E-state index contributed by atoms with van der Waals surface area (Å²) in [5, 5.41) is 5.95. The third kappa shape index (κ3) is 3.00. The molecule has 0 aliphatic heterocycles. The van der Waals surface area contributed by atoms with Crippen LogP contribution in [0.4, 0.5) is 0 Å². The maximum absolute atomic E-state index is 11.8. The van der Waals surface area contributed by atoms with Crippen molar-refractivity contribution in [2.45, 2.75) is 24.9 Å². The van der Waals surface area contributed by atoms with Gasteiger partial charge in [-0.1, -0.05) is 26.1 Å². The number of nitrogens with two attached hydrogens (primary N) is 1. The average Bonchev–Trinajstić information content (AvgIpc) is 2.66.